The number of rotatable bonds is 4. The van der Waals surface area contributed by atoms with Crippen LogP contribution in [0.5, 0.6) is 0 Å². The first kappa shape index (κ1) is 27.3. The topological polar surface area (TPSA) is 4.93 Å². The fourth-order valence-electron chi connectivity index (χ4n) is 10.5. The zero-order valence-corrected chi connectivity index (χ0v) is 28.5. The zero-order valence-electron chi connectivity index (χ0n) is 28.5. The van der Waals surface area contributed by atoms with E-state index in [1.165, 1.54) is 121 Å². The molecule has 0 amide bonds. The van der Waals surface area contributed by atoms with Gasteiger partial charge in [-0.15, -0.1) is 0 Å². The number of aromatic nitrogens is 1. The van der Waals surface area contributed by atoms with Crippen molar-refractivity contribution < 1.29 is 0 Å². The Labute approximate surface area is 301 Å². The SMILES string of the molecule is c1ccc(-c2ccc(-n3c4ccccc4c4cc(-c5cc6c7c8c(ccc9c8c8c(c(-c%10ccccc%10)cc%10c8c7c5C%10)C9)C6)ccc43)cc2)cc1. The van der Waals surface area contributed by atoms with Crippen molar-refractivity contribution in [1.82, 2.24) is 4.57 Å². The molecule has 1 nitrogen and oxygen atoms in total. The van der Waals surface area contributed by atoms with Gasteiger partial charge in [0.25, 0.3) is 0 Å². The van der Waals surface area contributed by atoms with E-state index in [-0.39, 0.29) is 0 Å². The summed E-state index contributed by atoms with van der Waals surface area (Å²) in [5, 5.41) is 11.8. The smallest absolute Gasteiger partial charge is 0.0541 e. The maximum absolute atomic E-state index is 2.56. The summed E-state index contributed by atoms with van der Waals surface area (Å²) < 4.78 is 2.44. The standard InChI is InChI=1S/C51H31N/c1-3-9-29(10-4-1)30-17-20-37(21-18-30)52-44-14-8-7-13-38(44)41-24-32(19-22-45(41)52)40-26-35-23-33-15-16-34-25-42-39(31-11-5-2-6-12-31)27-36-28-43(40)51-48(35)46(33)47(34)50(42)49(36)51/h1-22,24,26-27H,23,25,28H2. The molecule has 10 aromatic rings. The largest absolute Gasteiger partial charge is 0.309 e. The summed E-state index contributed by atoms with van der Waals surface area (Å²) in [4.78, 5) is 0. The lowest BCUT2D eigenvalue weighted by Gasteiger charge is -2.14. The first-order valence-electron chi connectivity index (χ1n) is 18.6. The summed E-state index contributed by atoms with van der Waals surface area (Å²) in [5.41, 5.74) is 20.7. The molecule has 240 valence electrons. The monoisotopic (exact) mass is 657 g/mol. The lowest BCUT2D eigenvalue weighted by Crippen LogP contribution is -1.94. The van der Waals surface area contributed by atoms with E-state index in [4.69, 9.17) is 0 Å². The molecule has 0 N–H and O–H groups in total. The molecular weight excluding hydrogens is 627 g/mol. The van der Waals surface area contributed by atoms with Crippen molar-refractivity contribution in [1.29, 1.82) is 0 Å². The second-order valence-corrected chi connectivity index (χ2v) is 15.2. The van der Waals surface area contributed by atoms with Gasteiger partial charge in [0.1, 0.15) is 0 Å². The van der Waals surface area contributed by atoms with Crippen LogP contribution in [0.3, 0.4) is 0 Å². The molecule has 9 aromatic carbocycles. The Hall–Kier alpha value is -6.44. The van der Waals surface area contributed by atoms with Crippen molar-refractivity contribution in [3.8, 4) is 39.1 Å². The molecule has 13 rings (SSSR count). The van der Waals surface area contributed by atoms with Crippen molar-refractivity contribution in [2.75, 3.05) is 0 Å². The number of para-hydroxylation sites is 1. The van der Waals surface area contributed by atoms with Crippen LogP contribution in [0.25, 0.3) is 93.2 Å². The van der Waals surface area contributed by atoms with E-state index in [9.17, 15) is 0 Å². The lowest BCUT2D eigenvalue weighted by molar-refractivity contribution is 1.18. The molecule has 0 bridgehead atoms. The van der Waals surface area contributed by atoms with E-state index in [0.29, 0.717) is 0 Å². The maximum atomic E-state index is 2.56. The van der Waals surface area contributed by atoms with Crippen molar-refractivity contribution in [2.45, 2.75) is 19.3 Å². The van der Waals surface area contributed by atoms with E-state index < -0.39 is 0 Å². The maximum Gasteiger partial charge on any atom is 0.0541 e. The Morgan fingerprint density at radius 1 is 0.327 bits per heavy atom. The van der Waals surface area contributed by atoms with Crippen LogP contribution in [0, 0.1) is 0 Å². The third-order valence-corrected chi connectivity index (χ3v) is 12.6. The highest BCUT2D eigenvalue weighted by atomic mass is 15.0. The molecule has 0 saturated heterocycles. The molecular formula is C51H31N. The molecule has 3 aliphatic carbocycles. The van der Waals surface area contributed by atoms with E-state index in [1.807, 2.05) is 0 Å². The summed E-state index contributed by atoms with van der Waals surface area (Å²) in [6.45, 7) is 0. The van der Waals surface area contributed by atoms with Crippen LogP contribution in [0.1, 0.15) is 33.4 Å². The Balaban J connectivity index is 1.04. The van der Waals surface area contributed by atoms with E-state index in [2.05, 4.69) is 156 Å². The van der Waals surface area contributed by atoms with Gasteiger partial charge >= 0.3 is 0 Å². The predicted molar refractivity (Wildman–Crippen MR) is 218 cm³/mol. The second-order valence-electron chi connectivity index (χ2n) is 15.2. The molecule has 0 radical (unpaired) electrons. The summed E-state index contributed by atoms with van der Waals surface area (Å²) in [5.74, 6) is 0. The lowest BCUT2D eigenvalue weighted by atomic mass is 9.89. The normalized spacial score (nSPS) is 13.5. The van der Waals surface area contributed by atoms with E-state index in [1.54, 1.807) is 5.39 Å². The Morgan fingerprint density at radius 3 is 1.62 bits per heavy atom. The zero-order chi connectivity index (χ0) is 33.7. The molecule has 0 fully saturated rings. The summed E-state index contributed by atoms with van der Waals surface area (Å²) in [6.07, 6.45) is 3.02. The van der Waals surface area contributed by atoms with Gasteiger partial charge in [0.05, 0.1) is 11.0 Å². The van der Waals surface area contributed by atoms with Gasteiger partial charge in [-0.05, 0) is 161 Å². The van der Waals surface area contributed by atoms with Crippen LogP contribution < -0.4 is 0 Å². The summed E-state index contributed by atoms with van der Waals surface area (Å²) in [6, 6.07) is 56.9. The highest BCUT2D eigenvalue weighted by Gasteiger charge is 2.34. The summed E-state index contributed by atoms with van der Waals surface area (Å²) in [7, 11) is 0. The third kappa shape index (κ3) is 3.39. The average molecular weight is 658 g/mol. The number of hydrogen-bond acceptors (Lipinski definition) is 0. The highest BCUT2D eigenvalue weighted by molar-refractivity contribution is 6.34. The Bertz CT molecular complexity index is 3220. The first-order valence-corrected chi connectivity index (χ1v) is 18.6. The minimum Gasteiger partial charge on any atom is -0.309 e. The predicted octanol–water partition coefficient (Wildman–Crippen LogP) is 13.0. The van der Waals surface area contributed by atoms with Crippen molar-refractivity contribution in [3.05, 3.63) is 185 Å². The van der Waals surface area contributed by atoms with E-state index in [0.717, 1.165) is 19.3 Å². The van der Waals surface area contributed by atoms with Crippen molar-refractivity contribution >= 4 is 54.1 Å². The van der Waals surface area contributed by atoms with Gasteiger partial charge < -0.3 is 4.57 Å². The van der Waals surface area contributed by atoms with E-state index >= 15 is 0 Å². The minimum absolute atomic E-state index is 0.979. The molecule has 0 saturated carbocycles. The number of benzene rings is 9. The Morgan fingerprint density at radius 2 is 0.846 bits per heavy atom. The van der Waals surface area contributed by atoms with Gasteiger partial charge in [0, 0.05) is 16.5 Å². The molecule has 0 aliphatic heterocycles. The number of nitrogens with zero attached hydrogens (tertiary/aromatic N) is 1. The van der Waals surface area contributed by atoms with Gasteiger partial charge in [0.15, 0.2) is 0 Å². The van der Waals surface area contributed by atoms with Crippen LogP contribution in [0.15, 0.2) is 152 Å². The van der Waals surface area contributed by atoms with Crippen molar-refractivity contribution in [3.63, 3.8) is 0 Å². The van der Waals surface area contributed by atoms with Crippen LogP contribution in [-0.4, -0.2) is 4.57 Å². The quantitative estimate of drug-likeness (QED) is 0.166. The number of fused-ring (bicyclic) bond motifs is 3. The van der Waals surface area contributed by atoms with Crippen LogP contribution in [-0.2, 0) is 19.3 Å². The molecule has 0 atom stereocenters. The third-order valence-electron chi connectivity index (χ3n) is 12.6. The number of hydrogen-bond donors (Lipinski definition) is 0. The van der Waals surface area contributed by atoms with Crippen LogP contribution >= 0.6 is 0 Å². The van der Waals surface area contributed by atoms with Crippen molar-refractivity contribution in [2.24, 2.45) is 0 Å². The van der Waals surface area contributed by atoms with Gasteiger partial charge in [-0.2, -0.15) is 0 Å². The van der Waals surface area contributed by atoms with Gasteiger partial charge in [-0.25, -0.2) is 0 Å². The van der Waals surface area contributed by atoms with Gasteiger partial charge in [0.2, 0.25) is 0 Å². The molecule has 1 heterocycles. The second kappa shape index (κ2) is 9.66. The average Bonchev–Trinajstić information content (AvgIpc) is 3.96. The molecule has 3 aliphatic rings. The minimum atomic E-state index is 0.979. The van der Waals surface area contributed by atoms with Gasteiger partial charge in [-0.3, -0.25) is 0 Å². The first-order chi connectivity index (χ1) is 25.8. The van der Waals surface area contributed by atoms with Crippen LogP contribution in [0.4, 0.5) is 0 Å². The molecule has 0 unspecified atom stereocenters. The molecule has 1 heteroatoms. The molecule has 0 spiro atoms. The Kier molecular flexibility index (Phi) is 5.07. The van der Waals surface area contributed by atoms with Crippen LogP contribution in [0.2, 0.25) is 0 Å². The van der Waals surface area contributed by atoms with Gasteiger partial charge in [-0.1, -0.05) is 109 Å². The highest BCUT2D eigenvalue weighted by Crippen LogP contribution is 2.56. The molecule has 52 heavy (non-hydrogen) atoms. The fraction of sp³-hybridized carbons (Fsp3) is 0.0588. The fourth-order valence-corrected chi connectivity index (χ4v) is 10.5. The molecule has 1 aromatic heterocycles. The summed E-state index contributed by atoms with van der Waals surface area (Å²) >= 11 is 0.